The van der Waals surface area contributed by atoms with Crippen LogP contribution in [0.25, 0.3) is 22.2 Å². The quantitative estimate of drug-likeness (QED) is 0.145. The van der Waals surface area contributed by atoms with Crippen LogP contribution in [-0.2, 0) is 14.8 Å². The van der Waals surface area contributed by atoms with Crippen molar-refractivity contribution < 1.29 is 22.7 Å². The Morgan fingerprint density at radius 1 is 0.776 bits per heavy atom. The minimum atomic E-state index is -3.90. The molecule has 6 rings (SSSR count). The first-order valence-corrected chi connectivity index (χ1v) is 17.1. The van der Waals surface area contributed by atoms with Crippen molar-refractivity contribution in [2.24, 2.45) is 0 Å². The number of halogens is 1. The van der Waals surface area contributed by atoms with E-state index in [4.69, 9.17) is 21.3 Å². The molecule has 0 aliphatic heterocycles. The van der Waals surface area contributed by atoms with E-state index in [-0.39, 0.29) is 10.8 Å². The number of aromatic nitrogens is 2. The van der Waals surface area contributed by atoms with Crippen LogP contribution in [0.4, 0.5) is 27.7 Å². The smallest absolute Gasteiger partial charge is 0.412 e. The van der Waals surface area contributed by atoms with Gasteiger partial charge < -0.3 is 15.4 Å². The van der Waals surface area contributed by atoms with Crippen molar-refractivity contribution in [3.63, 3.8) is 0 Å². The fraction of sp³-hybridized carbons (Fsp3) is 0.108. The number of pyridine rings is 1. The molecule has 0 aliphatic rings. The van der Waals surface area contributed by atoms with Crippen LogP contribution >= 0.6 is 11.6 Å². The number of amides is 2. The van der Waals surface area contributed by atoms with Gasteiger partial charge in [-0.25, -0.2) is 22.2 Å². The van der Waals surface area contributed by atoms with Gasteiger partial charge in [-0.2, -0.15) is 0 Å². The molecule has 0 atom stereocenters. The summed E-state index contributed by atoms with van der Waals surface area (Å²) in [5.41, 5.74) is 2.89. The first-order valence-electron chi connectivity index (χ1n) is 15.2. The summed E-state index contributed by atoms with van der Waals surface area (Å²) < 4.78 is 33.8. The fourth-order valence-corrected chi connectivity index (χ4v) is 6.69. The van der Waals surface area contributed by atoms with E-state index in [2.05, 4.69) is 16.0 Å². The van der Waals surface area contributed by atoms with Crippen molar-refractivity contribution in [3.05, 3.63) is 132 Å². The molecular weight excluding hydrogens is 662 g/mol. The Kier molecular flexibility index (Phi) is 9.14. The van der Waals surface area contributed by atoms with Crippen LogP contribution in [0, 0.1) is 0 Å². The average Bonchev–Trinajstić information content (AvgIpc) is 3.46. The second-order valence-electron chi connectivity index (χ2n) is 12.1. The van der Waals surface area contributed by atoms with Crippen LogP contribution in [0.15, 0.2) is 126 Å². The van der Waals surface area contributed by atoms with Crippen LogP contribution in [0.1, 0.15) is 31.1 Å². The van der Waals surface area contributed by atoms with E-state index in [1.54, 1.807) is 124 Å². The van der Waals surface area contributed by atoms with E-state index >= 15 is 0 Å². The van der Waals surface area contributed by atoms with Crippen LogP contribution in [0.5, 0.6) is 0 Å². The lowest BCUT2D eigenvalue weighted by molar-refractivity contribution is 0.0635. The van der Waals surface area contributed by atoms with Gasteiger partial charge in [0.2, 0.25) is 0 Å². The van der Waals surface area contributed by atoms with Gasteiger partial charge in [0, 0.05) is 39.8 Å². The second-order valence-corrected chi connectivity index (χ2v) is 14.3. The predicted molar refractivity (Wildman–Crippen MR) is 193 cm³/mol. The zero-order chi connectivity index (χ0) is 34.8. The van der Waals surface area contributed by atoms with Crippen LogP contribution in [0.3, 0.4) is 0 Å². The number of hydrogen-bond donors (Lipinski definition) is 3. The Labute approximate surface area is 288 Å². The highest BCUT2D eigenvalue weighted by molar-refractivity contribution is 7.90. The molecule has 4 aromatic carbocycles. The minimum absolute atomic E-state index is 0.163. The molecule has 2 heterocycles. The fourth-order valence-electron chi connectivity index (χ4n) is 5.10. The third-order valence-electron chi connectivity index (χ3n) is 7.26. The number of anilines is 4. The number of carbonyl (C=O) groups excluding carboxylic acids is 2. The zero-order valence-electron chi connectivity index (χ0n) is 26.8. The van der Waals surface area contributed by atoms with E-state index < -0.39 is 21.7 Å². The topological polar surface area (TPSA) is 131 Å². The second kappa shape index (κ2) is 13.5. The van der Waals surface area contributed by atoms with Gasteiger partial charge in [0.1, 0.15) is 11.4 Å². The molecule has 10 nitrogen and oxygen atoms in total. The maximum absolute atomic E-state index is 13.6. The standard InChI is InChI=1S/C37H32ClN5O5S/c1-37(2,3)48-36(45)41-25-18-16-24(17-19-25)35(44)40-27-11-9-10-26(22-27)39-33-21-20-31(38)34(42-33)30-23-43(32-15-8-7-14-29(30)32)49(46,47)28-12-5-4-6-13-28/h4-23H,1-3H3,(H,39,42)(H,40,44)(H,41,45). The largest absolute Gasteiger partial charge is 0.444 e. The number of fused-ring (bicyclic) bond motifs is 1. The Morgan fingerprint density at radius 2 is 1.47 bits per heavy atom. The number of hydrogen-bond acceptors (Lipinski definition) is 7. The Morgan fingerprint density at radius 3 is 2.20 bits per heavy atom. The zero-order valence-corrected chi connectivity index (χ0v) is 28.3. The summed E-state index contributed by atoms with van der Waals surface area (Å²) in [5.74, 6) is 0.119. The van der Waals surface area contributed by atoms with E-state index in [9.17, 15) is 18.0 Å². The molecular formula is C37H32ClN5O5S. The maximum atomic E-state index is 13.6. The van der Waals surface area contributed by atoms with E-state index in [0.29, 0.717) is 55.6 Å². The van der Waals surface area contributed by atoms with E-state index in [0.717, 1.165) is 0 Å². The third kappa shape index (κ3) is 7.58. The molecule has 0 spiro atoms. The number of carbonyl (C=O) groups is 2. The number of benzene rings is 4. The molecule has 6 aromatic rings. The number of nitrogens with one attached hydrogen (secondary N) is 3. The highest BCUT2D eigenvalue weighted by Crippen LogP contribution is 2.36. The highest BCUT2D eigenvalue weighted by atomic mass is 35.5. The summed E-state index contributed by atoms with van der Waals surface area (Å²) in [4.78, 5) is 30.0. The van der Waals surface area contributed by atoms with Crippen molar-refractivity contribution in [2.45, 2.75) is 31.3 Å². The number of nitrogens with zero attached hydrogens (tertiary/aromatic N) is 2. The van der Waals surface area contributed by atoms with Crippen molar-refractivity contribution in [1.82, 2.24) is 8.96 Å². The van der Waals surface area contributed by atoms with Gasteiger partial charge in [-0.3, -0.25) is 10.1 Å². The average molecular weight is 694 g/mol. The highest BCUT2D eigenvalue weighted by Gasteiger charge is 2.23. The van der Waals surface area contributed by atoms with Crippen molar-refractivity contribution >= 4 is 67.4 Å². The number of rotatable bonds is 8. The number of para-hydroxylation sites is 1. The lowest BCUT2D eigenvalue weighted by Gasteiger charge is -2.19. The van der Waals surface area contributed by atoms with Crippen molar-refractivity contribution in [3.8, 4) is 11.3 Å². The third-order valence-corrected chi connectivity index (χ3v) is 9.26. The summed E-state index contributed by atoms with van der Waals surface area (Å²) in [7, 11) is -3.90. The first kappa shape index (κ1) is 33.3. The molecule has 3 N–H and O–H groups in total. The summed E-state index contributed by atoms with van der Waals surface area (Å²) in [5, 5.41) is 9.79. The monoisotopic (exact) mass is 693 g/mol. The molecule has 0 bridgehead atoms. The van der Waals surface area contributed by atoms with Gasteiger partial charge in [0.05, 0.1) is 21.1 Å². The summed E-state index contributed by atoms with van der Waals surface area (Å²) >= 11 is 6.65. The van der Waals surface area contributed by atoms with Gasteiger partial charge in [0.15, 0.2) is 0 Å². The Bertz CT molecular complexity index is 2280. The lowest BCUT2D eigenvalue weighted by atomic mass is 10.1. The molecule has 2 aromatic heterocycles. The van der Waals surface area contributed by atoms with Crippen molar-refractivity contribution in [2.75, 3.05) is 16.0 Å². The molecule has 0 radical (unpaired) electrons. The van der Waals surface area contributed by atoms with Crippen LogP contribution < -0.4 is 16.0 Å². The lowest BCUT2D eigenvalue weighted by Crippen LogP contribution is -2.27. The van der Waals surface area contributed by atoms with Crippen LogP contribution in [0.2, 0.25) is 5.02 Å². The van der Waals surface area contributed by atoms with Crippen molar-refractivity contribution in [1.29, 1.82) is 0 Å². The molecule has 0 saturated heterocycles. The van der Waals surface area contributed by atoms with Gasteiger partial charge in [0.25, 0.3) is 15.9 Å². The summed E-state index contributed by atoms with van der Waals surface area (Å²) in [6.45, 7) is 5.33. The summed E-state index contributed by atoms with van der Waals surface area (Å²) in [6, 6.07) is 32.4. The molecule has 2 amide bonds. The predicted octanol–water partition coefficient (Wildman–Crippen LogP) is 8.94. The molecule has 0 fully saturated rings. The maximum Gasteiger partial charge on any atom is 0.412 e. The molecule has 0 saturated carbocycles. The minimum Gasteiger partial charge on any atom is -0.444 e. The molecule has 0 unspecified atom stereocenters. The SMILES string of the molecule is CC(C)(C)OC(=O)Nc1ccc(C(=O)Nc2cccc(Nc3ccc(Cl)c(-c4cn(S(=O)(=O)c5ccccc5)c5ccccc45)n3)c2)cc1. The molecule has 12 heteroatoms. The summed E-state index contributed by atoms with van der Waals surface area (Å²) in [6.07, 6.45) is 0.959. The Balaban J connectivity index is 1.21. The molecule has 49 heavy (non-hydrogen) atoms. The van der Waals surface area contributed by atoms with Gasteiger partial charge in [-0.15, -0.1) is 0 Å². The van der Waals surface area contributed by atoms with Crippen LogP contribution in [-0.4, -0.2) is 35.0 Å². The van der Waals surface area contributed by atoms with E-state index in [1.165, 1.54) is 3.97 Å². The first-order chi connectivity index (χ1) is 23.4. The van der Waals surface area contributed by atoms with Gasteiger partial charge in [-0.05, 0) is 93.6 Å². The molecule has 248 valence electrons. The van der Waals surface area contributed by atoms with Gasteiger partial charge >= 0.3 is 6.09 Å². The van der Waals surface area contributed by atoms with E-state index in [1.807, 2.05) is 18.2 Å². The molecule has 0 aliphatic carbocycles. The normalized spacial score (nSPS) is 11.6. The Hall–Kier alpha value is -5.65. The van der Waals surface area contributed by atoms with Gasteiger partial charge in [-0.1, -0.05) is 54.1 Å². The number of ether oxygens (including phenoxy) is 1.